The Balaban J connectivity index is 0.000000280. The average Bonchev–Trinajstić information content (AvgIpc) is 2.37. The molecular weight excluding hydrogens is 212 g/mol. The second-order valence-electron chi connectivity index (χ2n) is 2.74. The van der Waals surface area contributed by atoms with Crippen molar-refractivity contribution in [2.75, 3.05) is 0 Å². The van der Waals surface area contributed by atoms with Gasteiger partial charge in [-0.3, -0.25) is 5.32 Å². The highest BCUT2D eigenvalue weighted by Gasteiger charge is 2.08. The lowest BCUT2D eigenvalue weighted by Gasteiger charge is -2.01. The highest BCUT2D eigenvalue weighted by molar-refractivity contribution is 5.76. The molecule has 1 heterocycles. The van der Waals surface area contributed by atoms with E-state index in [0.29, 0.717) is 5.75 Å². The largest absolute Gasteiger partial charge is 0.465 e. The molecule has 0 atom stereocenters. The SMILES string of the molecule is NC(=O)O.O=C1NC=Cc2ccccc2O1. The Morgan fingerprint density at radius 1 is 1.38 bits per heavy atom. The minimum Gasteiger partial charge on any atom is -0.465 e. The van der Waals surface area contributed by atoms with Crippen molar-refractivity contribution in [2.45, 2.75) is 0 Å². The third kappa shape index (κ3) is 3.70. The van der Waals surface area contributed by atoms with Crippen molar-refractivity contribution < 1.29 is 19.4 Å². The van der Waals surface area contributed by atoms with Gasteiger partial charge in [-0.2, -0.15) is 0 Å². The first-order valence-corrected chi connectivity index (χ1v) is 4.32. The topological polar surface area (TPSA) is 102 Å². The number of nitrogens with two attached hydrogens (primary N) is 1. The van der Waals surface area contributed by atoms with E-state index in [1.54, 1.807) is 18.3 Å². The number of benzene rings is 1. The molecule has 16 heavy (non-hydrogen) atoms. The molecule has 0 saturated carbocycles. The molecule has 0 aliphatic carbocycles. The zero-order valence-corrected chi connectivity index (χ0v) is 8.21. The normalized spacial score (nSPS) is 12.1. The second-order valence-corrected chi connectivity index (χ2v) is 2.74. The summed E-state index contributed by atoms with van der Waals surface area (Å²) in [6, 6.07) is 7.35. The molecule has 1 aromatic carbocycles. The number of para-hydroxylation sites is 1. The van der Waals surface area contributed by atoms with E-state index in [2.05, 4.69) is 11.1 Å². The van der Waals surface area contributed by atoms with Crippen LogP contribution in [0.1, 0.15) is 5.56 Å². The van der Waals surface area contributed by atoms with Crippen LogP contribution in [0.3, 0.4) is 0 Å². The van der Waals surface area contributed by atoms with Crippen LogP contribution in [0.15, 0.2) is 30.5 Å². The van der Waals surface area contributed by atoms with Crippen molar-refractivity contribution in [3.63, 3.8) is 0 Å². The summed E-state index contributed by atoms with van der Waals surface area (Å²) in [4.78, 5) is 19.6. The average molecular weight is 222 g/mol. The Hall–Kier alpha value is -2.50. The summed E-state index contributed by atoms with van der Waals surface area (Å²) in [6.45, 7) is 0. The van der Waals surface area contributed by atoms with Crippen molar-refractivity contribution >= 4 is 18.3 Å². The molecule has 6 heteroatoms. The zero-order chi connectivity index (χ0) is 12.0. The molecule has 1 aliphatic heterocycles. The first kappa shape index (κ1) is 11.6. The molecule has 0 spiro atoms. The molecule has 0 bridgehead atoms. The van der Waals surface area contributed by atoms with Crippen molar-refractivity contribution in [1.82, 2.24) is 5.32 Å². The number of hydrogen-bond acceptors (Lipinski definition) is 3. The van der Waals surface area contributed by atoms with Crippen LogP contribution in [-0.4, -0.2) is 17.3 Å². The van der Waals surface area contributed by atoms with Crippen LogP contribution < -0.4 is 15.8 Å². The summed E-state index contributed by atoms with van der Waals surface area (Å²) in [6.07, 6.45) is 1.57. The molecule has 0 aromatic heterocycles. The van der Waals surface area contributed by atoms with E-state index in [-0.39, 0.29) is 0 Å². The summed E-state index contributed by atoms with van der Waals surface area (Å²) < 4.78 is 4.94. The van der Waals surface area contributed by atoms with Gasteiger partial charge in [0.2, 0.25) is 0 Å². The third-order valence-electron chi connectivity index (χ3n) is 1.59. The lowest BCUT2D eigenvalue weighted by Crippen LogP contribution is -2.19. The van der Waals surface area contributed by atoms with Gasteiger partial charge in [0.1, 0.15) is 5.75 Å². The summed E-state index contributed by atoms with van der Waals surface area (Å²) in [7, 11) is 0. The summed E-state index contributed by atoms with van der Waals surface area (Å²) >= 11 is 0. The molecule has 0 fully saturated rings. The van der Waals surface area contributed by atoms with Crippen LogP contribution in [0.5, 0.6) is 5.75 Å². The highest BCUT2D eigenvalue weighted by Crippen LogP contribution is 2.20. The first-order chi connectivity index (χ1) is 7.59. The Kier molecular flexibility index (Phi) is 3.90. The van der Waals surface area contributed by atoms with Gasteiger partial charge in [0.05, 0.1) is 0 Å². The quantitative estimate of drug-likeness (QED) is 0.617. The minimum atomic E-state index is -1.33. The van der Waals surface area contributed by atoms with Crippen molar-refractivity contribution in [3.8, 4) is 5.75 Å². The second kappa shape index (κ2) is 5.40. The molecule has 84 valence electrons. The van der Waals surface area contributed by atoms with E-state index in [0.717, 1.165) is 5.56 Å². The van der Waals surface area contributed by atoms with Crippen molar-refractivity contribution in [1.29, 1.82) is 0 Å². The third-order valence-corrected chi connectivity index (χ3v) is 1.59. The molecule has 2 rings (SSSR count). The predicted octanol–water partition coefficient (Wildman–Crippen LogP) is 1.38. The van der Waals surface area contributed by atoms with Crippen LogP contribution in [-0.2, 0) is 0 Å². The van der Waals surface area contributed by atoms with Crippen LogP contribution >= 0.6 is 0 Å². The van der Waals surface area contributed by atoms with Gasteiger partial charge >= 0.3 is 12.2 Å². The standard InChI is InChI=1S/C9H7NO2.CH3NO2/c11-9-10-6-5-7-3-1-2-4-8(7)12-9;2-1(3)4/h1-6H,(H,10,11);2H2,(H,3,4). The zero-order valence-electron chi connectivity index (χ0n) is 8.21. The van der Waals surface area contributed by atoms with E-state index in [4.69, 9.17) is 14.6 Å². The molecule has 6 nitrogen and oxygen atoms in total. The number of ether oxygens (including phenoxy) is 1. The molecule has 0 saturated heterocycles. The maximum atomic E-state index is 10.9. The highest BCUT2D eigenvalue weighted by atomic mass is 16.6. The van der Waals surface area contributed by atoms with Gasteiger partial charge in [0.15, 0.2) is 0 Å². The van der Waals surface area contributed by atoms with Gasteiger partial charge in [-0.05, 0) is 12.1 Å². The fraction of sp³-hybridized carbons (Fsp3) is 0. The van der Waals surface area contributed by atoms with E-state index in [1.807, 2.05) is 18.2 Å². The Labute approximate surface area is 91.3 Å². The summed E-state index contributed by atoms with van der Waals surface area (Å²) in [5, 5.41) is 9.64. The number of primary amides is 1. The minimum absolute atomic E-state index is 0.448. The van der Waals surface area contributed by atoms with Gasteiger partial charge in [-0.25, -0.2) is 9.59 Å². The van der Waals surface area contributed by atoms with Crippen molar-refractivity contribution in [2.24, 2.45) is 5.73 Å². The van der Waals surface area contributed by atoms with Gasteiger partial charge < -0.3 is 15.6 Å². The molecule has 1 aliphatic rings. The number of carbonyl (C=O) groups excluding carboxylic acids is 1. The van der Waals surface area contributed by atoms with E-state index in [1.165, 1.54) is 0 Å². The molecule has 0 radical (unpaired) electrons. The maximum Gasteiger partial charge on any atom is 0.416 e. The van der Waals surface area contributed by atoms with Gasteiger partial charge in [-0.15, -0.1) is 0 Å². The Bertz CT molecular complexity index is 425. The molecule has 0 unspecified atom stereocenters. The lowest BCUT2D eigenvalue weighted by atomic mass is 10.2. The molecule has 1 aromatic rings. The van der Waals surface area contributed by atoms with Gasteiger partial charge in [-0.1, -0.05) is 18.2 Å². The first-order valence-electron chi connectivity index (χ1n) is 4.32. The fourth-order valence-electron chi connectivity index (χ4n) is 1.04. The maximum absolute atomic E-state index is 10.9. The van der Waals surface area contributed by atoms with Crippen molar-refractivity contribution in [3.05, 3.63) is 36.0 Å². The Morgan fingerprint density at radius 3 is 2.69 bits per heavy atom. The molecule has 2 amide bonds. The number of amides is 2. The van der Waals surface area contributed by atoms with Crippen LogP contribution in [0, 0.1) is 0 Å². The number of hydrogen-bond donors (Lipinski definition) is 3. The van der Waals surface area contributed by atoms with Gasteiger partial charge in [0.25, 0.3) is 0 Å². The molecular formula is C10H10N2O4. The monoisotopic (exact) mass is 222 g/mol. The van der Waals surface area contributed by atoms with Gasteiger partial charge in [0, 0.05) is 11.8 Å². The lowest BCUT2D eigenvalue weighted by molar-refractivity contribution is 0.204. The summed E-state index contributed by atoms with van der Waals surface area (Å²) in [5.74, 6) is 0.587. The fourth-order valence-corrected chi connectivity index (χ4v) is 1.04. The summed E-state index contributed by atoms with van der Waals surface area (Å²) in [5.41, 5.74) is 4.93. The molecule has 4 N–H and O–H groups in total. The van der Waals surface area contributed by atoms with E-state index in [9.17, 15) is 4.79 Å². The van der Waals surface area contributed by atoms with Crippen LogP contribution in [0.25, 0.3) is 6.08 Å². The van der Waals surface area contributed by atoms with Crippen LogP contribution in [0.4, 0.5) is 9.59 Å². The number of nitrogens with one attached hydrogen (secondary N) is 1. The van der Waals surface area contributed by atoms with E-state index >= 15 is 0 Å². The smallest absolute Gasteiger partial charge is 0.416 e. The van der Waals surface area contributed by atoms with E-state index < -0.39 is 12.2 Å². The number of carboxylic acid groups (broad SMARTS) is 1. The number of rotatable bonds is 0. The number of carbonyl (C=O) groups is 2. The predicted molar refractivity (Wildman–Crippen MR) is 56.8 cm³/mol. The Morgan fingerprint density at radius 2 is 2.00 bits per heavy atom. The van der Waals surface area contributed by atoms with Crippen LogP contribution in [0.2, 0.25) is 0 Å². The number of fused-ring (bicyclic) bond motifs is 1.